The Balaban J connectivity index is 1.43. The van der Waals surface area contributed by atoms with Gasteiger partial charge in [-0.3, -0.25) is 14.6 Å². The molecule has 0 unspecified atom stereocenters. The Morgan fingerprint density at radius 3 is 2.60 bits per heavy atom. The van der Waals surface area contributed by atoms with Crippen molar-refractivity contribution in [2.24, 2.45) is 5.92 Å². The van der Waals surface area contributed by atoms with E-state index in [1.165, 1.54) is 5.56 Å². The number of rotatable bonds is 6. The molecule has 2 aliphatic rings. The number of carbonyl (C=O) groups is 1. The van der Waals surface area contributed by atoms with Crippen molar-refractivity contribution in [2.75, 3.05) is 32.7 Å². The molecule has 0 spiro atoms. The fourth-order valence-corrected chi connectivity index (χ4v) is 3.63. The van der Waals surface area contributed by atoms with Gasteiger partial charge in [0.05, 0.1) is 12.6 Å². The summed E-state index contributed by atoms with van der Waals surface area (Å²) in [5.41, 5.74) is 0.513. The second-order valence-electron chi connectivity index (χ2n) is 7.32. The molecule has 1 N–H and O–H groups in total. The number of benzene rings is 1. The molecule has 1 amide bonds. The van der Waals surface area contributed by atoms with Crippen LogP contribution >= 0.6 is 11.6 Å². The normalized spacial score (nSPS) is 21.3. The van der Waals surface area contributed by atoms with E-state index in [0.29, 0.717) is 12.5 Å². The van der Waals surface area contributed by atoms with Gasteiger partial charge in [-0.05, 0) is 43.4 Å². The Labute approximate surface area is 154 Å². The van der Waals surface area contributed by atoms with E-state index in [4.69, 9.17) is 11.6 Å². The maximum atomic E-state index is 12.3. The molecule has 0 aromatic heterocycles. The molecule has 1 atom stereocenters. The molecule has 2 fully saturated rings. The first-order valence-electron chi connectivity index (χ1n) is 8.90. The lowest BCUT2D eigenvalue weighted by atomic mass is 9.98. The predicted molar refractivity (Wildman–Crippen MR) is 98.1 cm³/mol. The SMILES string of the molecule is C[C@](C#N)(NC(=O)CN1CCN(Cc2cccc(Cl)c2)CC1)C1CC1. The summed E-state index contributed by atoms with van der Waals surface area (Å²) in [5, 5.41) is 13.1. The van der Waals surface area contributed by atoms with Gasteiger partial charge in [-0.15, -0.1) is 0 Å². The van der Waals surface area contributed by atoms with Crippen molar-refractivity contribution in [2.45, 2.75) is 31.8 Å². The van der Waals surface area contributed by atoms with Crippen LogP contribution in [0.1, 0.15) is 25.3 Å². The summed E-state index contributed by atoms with van der Waals surface area (Å²) in [5.74, 6) is 0.273. The smallest absolute Gasteiger partial charge is 0.235 e. The van der Waals surface area contributed by atoms with Crippen LogP contribution < -0.4 is 5.32 Å². The lowest BCUT2D eigenvalue weighted by molar-refractivity contribution is -0.124. The number of carbonyl (C=O) groups excluding carboxylic acids is 1. The molecular formula is C19H25ClN4O. The van der Waals surface area contributed by atoms with E-state index in [1.807, 2.05) is 25.1 Å². The summed E-state index contributed by atoms with van der Waals surface area (Å²) in [4.78, 5) is 16.8. The summed E-state index contributed by atoms with van der Waals surface area (Å²) in [6.45, 7) is 6.67. The summed E-state index contributed by atoms with van der Waals surface area (Å²) in [6.07, 6.45) is 2.07. The van der Waals surface area contributed by atoms with Crippen molar-refractivity contribution in [3.8, 4) is 6.07 Å². The molecular weight excluding hydrogens is 336 g/mol. The molecule has 1 aromatic rings. The van der Waals surface area contributed by atoms with Gasteiger partial charge in [-0.25, -0.2) is 0 Å². The number of nitrogens with zero attached hydrogens (tertiary/aromatic N) is 3. The van der Waals surface area contributed by atoms with Crippen molar-refractivity contribution in [1.82, 2.24) is 15.1 Å². The van der Waals surface area contributed by atoms with Crippen molar-refractivity contribution >= 4 is 17.5 Å². The minimum Gasteiger partial charge on any atom is -0.337 e. The highest BCUT2D eigenvalue weighted by Gasteiger charge is 2.43. The van der Waals surface area contributed by atoms with E-state index in [-0.39, 0.29) is 5.91 Å². The molecule has 1 aromatic carbocycles. The number of nitrogens with one attached hydrogen (secondary N) is 1. The van der Waals surface area contributed by atoms with Crippen LogP contribution in [-0.4, -0.2) is 54.0 Å². The van der Waals surface area contributed by atoms with Crippen LogP contribution in [0.2, 0.25) is 5.02 Å². The zero-order chi connectivity index (χ0) is 17.9. The maximum Gasteiger partial charge on any atom is 0.235 e. The van der Waals surface area contributed by atoms with Crippen molar-refractivity contribution in [3.63, 3.8) is 0 Å². The molecule has 25 heavy (non-hydrogen) atoms. The summed E-state index contributed by atoms with van der Waals surface area (Å²) in [6, 6.07) is 10.2. The van der Waals surface area contributed by atoms with Gasteiger partial charge < -0.3 is 5.32 Å². The van der Waals surface area contributed by atoms with Gasteiger partial charge >= 0.3 is 0 Å². The Kier molecular flexibility index (Phi) is 5.63. The summed E-state index contributed by atoms with van der Waals surface area (Å²) in [7, 11) is 0. The van der Waals surface area contributed by atoms with E-state index in [9.17, 15) is 10.1 Å². The predicted octanol–water partition coefficient (Wildman–Crippen LogP) is 2.27. The van der Waals surface area contributed by atoms with E-state index in [2.05, 4.69) is 27.3 Å². The van der Waals surface area contributed by atoms with E-state index in [0.717, 1.165) is 50.6 Å². The highest BCUT2D eigenvalue weighted by Crippen LogP contribution is 2.39. The number of halogens is 1. The van der Waals surface area contributed by atoms with Gasteiger partial charge in [0.25, 0.3) is 0 Å². The lowest BCUT2D eigenvalue weighted by Crippen LogP contribution is -2.53. The van der Waals surface area contributed by atoms with Crippen molar-refractivity contribution < 1.29 is 4.79 Å². The van der Waals surface area contributed by atoms with Gasteiger partial charge in [0.15, 0.2) is 0 Å². The van der Waals surface area contributed by atoms with E-state index < -0.39 is 5.54 Å². The van der Waals surface area contributed by atoms with Gasteiger partial charge in [0, 0.05) is 37.7 Å². The first-order valence-corrected chi connectivity index (χ1v) is 9.28. The Morgan fingerprint density at radius 1 is 1.32 bits per heavy atom. The quantitative estimate of drug-likeness (QED) is 0.845. The highest BCUT2D eigenvalue weighted by atomic mass is 35.5. The Bertz CT molecular complexity index is 662. The molecule has 5 nitrogen and oxygen atoms in total. The van der Waals surface area contributed by atoms with Gasteiger partial charge in [0.2, 0.25) is 5.91 Å². The fraction of sp³-hybridized carbons (Fsp3) is 0.579. The van der Waals surface area contributed by atoms with Crippen molar-refractivity contribution in [3.05, 3.63) is 34.9 Å². The average Bonchev–Trinajstić information content (AvgIpc) is 3.42. The standard InChI is InChI=1S/C19H25ClN4O/c1-19(14-21,16-5-6-16)22-18(25)13-24-9-7-23(8-10-24)12-15-3-2-4-17(20)11-15/h2-4,11,16H,5-10,12-13H2,1H3,(H,22,25)/t19-/m1/s1. The molecule has 0 bridgehead atoms. The molecule has 1 saturated heterocycles. The minimum absolute atomic E-state index is 0.0424. The molecule has 1 heterocycles. The van der Waals surface area contributed by atoms with Gasteiger partial charge in [-0.2, -0.15) is 5.26 Å². The summed E-state index contributed by atoms with van der Waals surface area (Å²) >= 11 is 6.04. The monoisotopic (exact) mass is 360 g/mol. The van der Waals surface area contributed by atoms with Crippen molar-refractivity contribution in [1.29, 1.82) is 5.26 Å². The number of amides is 1. The third-order valence-electron chi connectivity index (χ3n) is 5.15. The topological polar surface area (TPSA) is 59.4 Å². The third-order valence-corrected chi connectivity index (χ3v) is 5.39. The highest BCUT2D eigenvalue weighted by molar-refractivity contribution is 6.30. The molecule has 134 valence electrons. The second-order valence-corrected chi connectivity index (χ2v) is 7.76. The number of hydrogen-bond donors (Lipinski definition) is 1. The van der Waals surface area contributed by atoms with Crippen LogP contribution in [0.5, 0.6) is 0 Å². The van der Waals surface area contributed by atoms with Crippen LogP contribution in [0.25, 0.3) is 0 Å². The second kappa shape index (κ2) is 7.74. The molecule has 0 radical (unpaired) electrons. The van der Waals surface area contributed by atoms with Crippen LogP contribution in [0.15, 0.2) is 24.3 Å². The van der Waals surface area contributed by atoms with Crippen LogP contribution in [0.3, 0.4) is 0 Å². The Morgan fingerprint density at radius 2 is 2.00 bits per heavy atom. The minimum atomic E-state index is -0.703. The van der Waals surface area contributed by atoms with Crippen LogP contribution in [0, 0.1) is 17.2 Å². The first-order chi connectivity index (χ1) is 12.0. The maximum absolute atomic E-state index is 12.3. The van der Waals surface area contributed by atoms with Crippen LogP contribution in [-0.2, 0) is 11.3 Å². The molecule has 1 aliphatic carbocycles. The van der Waals surface area contributed by atoms with Gasteiger partial charge in [-0.1, -0.05) is 23.7 Å². The zero-order valence-corrected chi connectivity index (χ0v) is 15.4. The largest absolute Gasteiger partial charge is 0.337 e. The fourth-order valence-electron chi connectivity index (χ4n) is 3.41. The molecule has 6 heteroatoms. The number of piperazine rings is 1. The third kappa shape index (κ3) is 4.94. The molecule has 1 aliphatic heterocycles. The molecule has 3 rings (SSSR count). The van der Waals surface area contributed by atoms with E-state index in [1.54, 1.807) is 0 Å². The molecule has 1 saturated carbocycles. The first kappa shape index (κ1) is 18.2. The average molecular weight is 361 g/mol. The Hall–Kier alpha value is -1.61. The summed E-state index contributed by atoms with van der Waals surface area (Å²) < 4.78 is 0. The van der Waals surface area contributed by atoms with E-state index >= 15 is 0 Å². The number of nitriles is 1. The number of hydrogen-bond acceptors (Lipinski definition) is 4. The van der Waals surface area contributed by atoms with Gasteiger partial charge in [0.1, 0.15) is 5.54 Å². The van der Waals surface area contributed by atoms with Crippen LogP contribution in [0.4, 0.5) is 0 Å². The lowest BCUT2D eigenvalue weighted by Gasteiger charge is -2.35. The zero-order valence-electron chi connectivity index (χ0n) is 14.7.